The minimum Gasteiger partial charge on any atom is -0.481 e. The quantitative estimate of drug-likeness (QED) is 0.382. The van der Waals surface area contributed by atoms with Crippen molar-refractivity contribution in [1.82, 2.24) is 0 Å². The first-order valence-electron chi connectivity index (χ1n) is 14.0. The van der Waals surface area contributed by atoms with E-state index in [0.717, 1.165) is 37.7 Å². The third-order valence-electron chi connectivity index (χ3n) is 13.3. The fraction of sp³-hybridized carbons (Fsp3) is 0.900. The average molecular weight is 489 g/mol. The van der Waals surface area contributed by atoms with Crippen LogP contribution in [0.15, 0.2) is 11.6 Å². The Morgan fingerprint density at radius 1 is 0.971 bits per heavy atom. The molecule has 5 aliphatic carbocycles. The number of carboxylic acids is 1. The molecule has 4 N–H and O–H groups in total. The lowest BCUT2D eigenvalue weighted by atomic mass is 9.32. The number of fused-ring (bicyclic) bond motifs is 7. The molecule has 0 heterocycles. The Balaban J connectivity index is 1.67. The minimum absolute atomic E-state index is 0.0230. The monoisotopic (exact) mass is 488 g/mol. The van der Waals surface area contributed by atoms with Gasteiger partial charge in [0.05, 0.1) is 23.2 Å². The molecule has 0 unspecified atom stereocenters. The number of aliphatic carboxylic acids is 1. The number of hydrogen-bond donors (Lipinski definition) is 4. The zero-order valence-corrected chi connectivity index (χ0v) is 22.9. The molecule has 0 amide bonds. The first-order valence-corrected chi connectivity index (χ1v) is 14.0. The lowest BCUT2D eigenvalue weighted by Gasteiger charge is -2.72. The molecule has 198 valence electrons. The van der Waals surface area contributed by atoms with E-state index in [4.69, 9.17) is 0 Å². The Morgan fingerprint density at radius 2 is 1.63 bits per heavy atom. The molecule has 0 aromatic heterocycles. The molecule has 5 heteroatoms. The lowest BCUT2D eigenvalue weighted by molar-refractivity contribution is -0.247. The van der Waals surface area contributed by atoms with Crippen molar-refractivity contribution in [1.29, 1.82) is 0 Å². The van der Waals surface area contributed by atoms with Gasteiger partial charge >= 0.3 is 5.97 Å². The minimum atomic E-state index is -1.08. The maximum absolute atomic E-state index is 12.8. The summed E-state index contributed by atoms with van der Waals surface area (Å²) in [6.07, 6.45) is 7.27. The van der Waals surface area contributed by atoms with Gasteiger partial charge in [0.1, 0.15) is 0 Å². The molecule has 11 atom stereocenters. The fourth-order valence-electron chi connectivity index (χ4n) is 11.0. The van der Waals surface area contributed by atoms with Gasteiger partial charge in [-0.15, -0.1) is 0 Å². The second kappa shape index (κ2) is 7.35. The van der Waals surface area contributed by atoms with Crippen LogP contribution in [0.4, 0.5) is 0 Å². The molecular weight excluding hydrogens is 440 g/mol. The standard InChI is InChI=1S/C30H48O5/c1-17-10-13-30(24(33)34)15-14-27(5)18(22(30)29(17,7)35)8-9-20-26(4)12-11-21(32)25(2,3)23(26)19(31)16-28(20,27)6/h8,17,19-23,31-32,35H,9-16H2,1-7H3,(H,33,34)/t17-,19+,20+,21+,22-,23+,26-,27-,28-,29-,30+/m1/s1. The van der Waals surface area contributed by atoms with Gasteiger partial charge in [-0.25, -0.2) is 0 Å². The highest BCUT2D eigenvalue weighted by Gasteiger charge is 2.72. The lowest BCUT2D eigenvalue weighted by Crippen LogP contribution is -2.70. The number of rotatable bonds is 1. The average Bonchev–Trinajstić information content (AvgIpc) is 2.74. The Hall–Kier alpha value is -0.910. The van der Waals surface area contributed by atoms with Gasteiger partial charge in [0.2, 0.25) is 0 Å². The normalized spacial score (nSPS) is 57.1. The molecule has 0 aromatic carbocycles. The van der Waals surface area contributed by atoms with Crippen LogP contribution < -0.4 is 0 Å². The zero-order chi connectivity index (χ0) is 26.0. The Kier molecular flexibility index (Phi) is 5.40. The van der Waals surface area contributed by atoms with Gasteiger partial charge in [-0.3, -0.25) is 4.79 Å². The van der Waals surface area contributed by atoms with Crippen LogP contribution >= 0.6 is 0 Å². The van der Waals surface area contributed by atoms with E-state index in [1.54, 1.807) is 0 Å². The molecule has 0 bridgehead atoms. The largest absolute Gasteiger partial charge is 0.481 e. The first-order chi connectivity index (χ1) is 16.0. The number of carboxylic acid groups (broad SMARTS) is 1. The van der Waals surface area contributed by atoms with Crippen molar-refractivity contribution in [2.45, 2.75) is 118 Å². The Bertz CT molecular complexity index is 952. The SMILES string of the molecule is C[C@@H]1CC[C@]2(C(=O)O)CC[C@]3(C)C(=CC[C@H]4[C@@]5(C)CC[C@H](O)C(C)(C)[C@@H]5[C@@H](O)C[C@]43C)[C@@H]2[C@]1(C)O. The topological polar surface area (TPSA) is 98.0 Å². The van der Waals surface area contributed by atoms with Crippen molar-refractivity contribution in [3.8, 4) is 0 Å². The number of carbonyl (C=O) groups is 1. The molecule has 5 nitrogen and oxygen atoms in total. The summed E-state index contributed by atoms with van der Waals surface area (Å²) in [6.45, 7) is 15.2. The summed E-state index contributed by atoms with van der Waals surface area (Å²) < 4.78 is 0. The molecule has 0 aromatic rings. The number of allylic oxidation sites excluding steroid dienone is 1. The zero-order valence-electron chi connectivity index (χ0n) is 22.9. The van der Waals surface area contributed by atoms with Crippen molar-refractivity contribution < 1.29 is 25.2 Å². The summed E-state index contributed by atoms with van der Waals surface area (Å²) in [5, 5.41) is 45.1. The summed E-state index contributed by atoms with van der Waals surface area (Å²) >= 11 is 0. The van der Waals surface area contributed by atoms with E-state index in [1.807, 2.05) is 6.92 Å². The van der Waals surface area contributed by atoms with Crippen molar-refractivity contribution in [2.75, 3.05) is 0 Å². The molecule has 35 heavy (non-hydrogen) atoms. The number of hydrogen-bond acceptors (Lipinski definition) is 4. The maximum atomic E-state index is 12.8. The highest BCUT2D eigenvalue weighted by Crippen LogP contribution is 2.76. The van der Waals surface area contributed by atoms with Gasteiger partial charge in [0.25, 0.3) is 0 Å². The third-order valence-corrected chi connectivity index (χ3v) is 13.3. The van der Waals surface area contributed by atoms with Crippen LogP contribution in [-0.2, 0) is 4.79 Å². The smallest absolute Gasteiger partial charge is 0.310 e. The van der Waals surface area contributed by atoms with Gasteiger partial charge in [0.15, 0.2) is 0 Å². The Labute approximate surface area is 211 Å². The van der Waals surface area contributed by atoms with Gasteiger partial charge < -0.3 is 20.4 Å². The molecule has 0 radical (unpaired) electrons. The first kappa shape index (κ1) is 25.7. The number of aliphatic hydroxyl groups excluding tert-OH is 2. The number of aliphatic hydroxyl groups is 3. The van der Waals surface area contributed by atoms with E-state index in [2.05, 4.69) is 47.6 Å². The van der Waals surface area contributed by atoms with E-state index < -0.39 is 35.1 Å². The van der Waals surface area contributed by atoms with Gasteiger partial charge in [0, 0.05) is 5.92 Å². The van der Waals surface area contributed by atoms with Gasteiger partial charge in [-0.2, -0.15) is 0 Å². The van der Waals surface area contributed by atoms with E-state index in [1.165, 1.54) is 0 Å². The van der Waals surface area contributed by atoms with Crippen LogP contribution in [0.1, 0.15) is 99.8 Å². The van der Waals surface area contributed by atoms with Crippen LogP contribution in [0.5, 0.6) is 0 Å². The maximum Gasteiger partial charge on any atom is 0.310 e. The van der Waals surface area contributed by atoms with Crippen molar-refractivity contribution in [3.63, 3.8) is 0 Å². The third kappa shape index (κ3) is 2.90. The van der Waals surface area contributed by atoms with Crippen molar-refractivity contribution >= 4 is 5.97 Å². The molecular formula is C30H48O5. The molecule has 0 aliphatic heterocycles. The highest BCUT2D eigenvalue weighted by molar-refractivity contribution is 5.77. The van der Waals surface area contributed by atoms with Crippen molar-refractivity contribution in [3.05, 3.63) is 11.6 Å². The van der Waals surface area contributed by atoms with E-state index >= 15 is 0 Å². The van der Waals surface area contributed by atoms with E-state index in [-0.39, 0.29) is 33.5 Å². The molecule has 0 saturated heterocycles. The van der Waals surface area contributed by atoms with Crippen LogP contribution in [0.25, 0.3) is 0 Å². The van der Waals surface area contributed by atoms with Crippen molar-refractivity contribution in [2.24, 2.45) is 50.7 Å². The fourth-order valence-corrected chi connectivity index (χ4v) is 11.0. The summed E-state index contributed by atoms with van der Waals surface area (Å²) in [5.41, 5.74) is -1.80. The summed E-state index contributed by atoms with van der Waals surface area (Å²) in [5.74, 6) is -0.765. The summed E-state index contributed by atoms with van der Waals surface area (Å²) in [4.78, 5) is 12.8. The van der Waals surface area contributed by atoms with Gasteiger partial charge in [-0.05, 0) is 97.7 Å². The molecule has 0 spiro atoms. The summed E-state index contributed by atoms with van der Waals surface area (Å²) in [7, 11) is 0. The second-order valence-electron chi connectivity index (χ2n) is 14.9. The second-order valence-corrected chi connectivity index (χ2v) is 14.9. The predicted molar refractivity (Wildman–Crippen MR) is 135 cm³/mol. The van der Waals surface area contributed by atoms with Crippen LogP contribution in [0.3, 0.4) is 0 Å². The molecule has 4 saturated carbocycles. The van der Waals surface area contributed by atoms with Crippen LogP contribution in [0.2, 0.25) is 0 Å². The van der Waals surface area contributed by atoms with E-state index in [0.29, 0.717) is 25.2 Å². The Morgan fingerprint density at radius 3 is 2.26 bits per heavy atom. The van der Waals surface area contributed by atoms with Gasteiger partial charge in [-0.1, -0.05) is 53.2 Å². The van der Waals surface area contributed by atoms with Crippen LogP contribution in [-0.4, -0.2) is 44.2 Å². The van der Waals surface area contributed by atoms with E-state index in [9.17, 15) is 25.2 Å². The summed E-state index contributed by atoms with van der Waals surface area (Å²) in [6, 6.07) is 0. The molecule has 5 rings (SSSR count). The molecule has 4 fully saturated rings. The predicted octanol–water partition coefficient (Wildman–Crippen LogP) is 5.18. The van der Waals surface area contributed by atoms with Crippen LogP contribution in [0, 0.1) is 50.7 Å². The molecule has 5 aliphatic rings. The highest BCUT2D eigenvalue weighted by atomic mass is 16.4.